The summed E-state index contributed by atoms with van der Waals surface area (Å²) in [6.45, 7) is 0.972. The number of rotatable bonds is 0. The minimum absolute atomic E-state index is 0.701. The van der Waals surface area contributed by atoms with Gasteiger partial charge in [-0.25, -0.2) is 0 Å². The maximum Gasteiger partial charge on any atom is 0.421 e. The monoisotopic (exact) mass is 176 g/mol. The molecule has 0 aromatic carbocycles. The maximum absolute atomic E-state index is 10.8. The van der Waals surface area contributed by atoms with Crippen molar-refractivity contribution >= 4 is 15.2 Å². The van der Waals surface area contributed by atoms with Crippen LogP contribution in [0.5, 0.6) is 0 Å². The topological polar surface area (TPSA) is 40.1 Å². The third-order valence-corrected chi connectivity index (χ3v) is 0.850. The van der Waals surface area contributed by atoms with Crippen LogP contribution in [0.1, 0.15) is 6.92 Å². The largest absolute Gasteiger partial charge is 0.550 e. The zero-order chi connectivity index (χ0) is 8.78. The van der Waals surface area contributed by atoms with Gasteiger partial charge in [-0.05, 0) is 16.2 Å². The number of carbonyl (C=O) groups excluding carboxylic acids is 1. The van der Waals surface area contributed by atoms with E-state index in [4.69, 9.17) is 9.90 Å². The second-order valence-corrected chi connectivity index (χ2v) is 1.86. The Hall–Kier alpha value is -0.310. The average Bonchev–Trinajstić information content (AvgIpc) is 1.63. The van der Waals surface area contributed by atoms with Crippen molar-refractivity contribution in [3.63, 3.8) is 0 Å². The number of hydrogen-bond acceptors (Lipinski definition) is 2. The Labute approximate surface area is 58.6 Å². The summed E-state index contributed by atoms with van der Waals surface area (Å²) >= 11 is 0. The lowest BCUT2D eigenvalue weighted by Gasteiger charge is -1.93. The number of carbonyl (C=O) groups is 1. The van der Waals surface area contributed by atoms with E-state index in [-0.39, 0.29) is 0 Å². The lowest BCUT2D eigenvalue weighted by atomic mass is 10.8. The average molecular weight is 176 g/mol. The molecule has 10 heavy (non-hydrogen) atoms. The van der Waals surface area contributed by atoms with Gasteiger partial charge in [-0.15, -0.1) is 0 Å². The Kier molecular flexibility index (Phi) is 6.77. The van der Waals surface area contributed by atoms with E-state index in [1.807, 2.05) is 0 Å². The highest BCUT2D eigenvalue weighted by atomic mass is 31.0. The van der Waals surface area contributed by atoms with E-state index in [9.17, 15) is 13.2 Å². The lowest BCUT2D eigenvalue weighted by Crippen LogP contribution is -2.16. The zero-order valence-corrected chi connectivity index (χ0v) is 6.78. The molecule has 0 aliphatic rings. The smallest absolute Gasteiger partial charge is 0.421 e. The Morgan fingerprint density at radius 2 is 1.70 bits per heavy atom. The Bertz CT molecular complexity index is 97.2. The molecular weight excluding hydrogens is 168 g/mol. The fourth-order valence-corrected chi connectivity index (χ4v) is 0. The molecule has 62 valence electrons. The summed E-state index contributed by atoms with van der Waals surface area (Å²) in [5.74, 6) is -1.08. The number of aliphatic carboxylic acids is 1. The van der Waals surface area contributed by atoms with Gasteiger partial charge in [-0.1, -0.05) is 0 Å². The minimum atomic E-state index is -3.95. The molecular formula is C4H8F3O2P. The van der Waals surface area contributed by atoms with Crippen LogP contribution in [0.3, 0.4) is 0 Å². The van der Waals surface area contributed by atoms with Crippen LogP contribution in [0.4, 0.5) is 13.2 Å². The molecule has 0 spiro atoms. The SMILES string of the molecule is CC(=O)[O-].FC(F)(F)C[PH3+]. The predicted octanol–water partition coefficient (Wildman–Crippen LogP) is -0.0877. The van der Waals surface area contributed by atoms with E-state index in [0.717, 1.165) is 16.2 Å². The molecule has 0 saturated carbocycles. The standard InChI is InChI=1S/C2H4F3P.C2H4O2/c3-2(4,5)1-6;1-2(3)4/h1,6H2;1H3,(H,3,4). The van der Waals surface area contributed by atoms with Crippen LogP contribution >= 0.6 is 9.24 Å². The first-order chi connectivity index (χ1) is 4.29. The molecule has 0 rings (SSSR count). The van der Waals surface area contributed by atoms with Gasteiger partial charge in [0, 0.05) is 5.97 Å². The highest BCUT2D eigenvalue weighted by molar-refractivity contribution is 7.16. The van der Waals surface area contributed by atoms with Gasteiger partial charge in [0.1, 0.15) is 6.16 Å². The summed E-state index contributed by atoms with van der Waals surface area (Å²) in [5.41, 5.74) is 0. The number of hydrogen-bond donors (Lipinski definition) is 0. The molecule has 0 fully saturated rings. The van der Waals surface area contributed by atoms with Crippen LogP contribution in [0.15, 0.2) is 0 Å². The van der Waals surface area contributed by atoms with Crippen LogP contribution in [0.2, 0.25) is 0 Å². The van der Waals surface area contributed by atoms with Gasteiger partial charge in [0.2, 0.25) is 0 Å². The van der Waals surface area contributed by atoms with Crippen molar-refractivity contribution in [2.45, 2.75) is 13.1 Å². The van der Waals surface area contributed by atoms with E-state index < -0.39 is 18.3 Å². The number of carboxylic acids is 1. The van der Waals surface area contributed by atoms with Gasteiger partial charge in [0.15, 0.2) is 0 Å². The fourth-order valence-electron chi connectivity index (χ4n) is 0. The maximum atomic E-state index is 10.8. The van der Waals surface area contributed by atoms with Crippen molar-refractivity contribution in [3.05, 3.63) is 0 Å². The summed E-state index contributed by atoms with van der Waals surface area (Å²) in [5, 5.41) is 8.89. The van der Waals surface area contributed by atoms with Crippen LogP contribution in [-0.2, 0) is 4.79 Å². The molecule has 1 unspecified atom stereocenters. The molecule has 1 atom stereocenters. The fraction of sp³-hybridized carbons (Fsp3) is 0.750. The van der Waals surface area contributed by atoms with Crippen LogP contribution in [0.25, 0.3) is 0 Å². The van der Waals surface area contributed by atoms with Gasteiger partial charge >= 0.3 is 6.18 Å². The van der Waals surface area contributed by atoms with E-state index >= 15 is 0 Å². The van der Waals surface area contributed by atoms with Crippen molar-refractivity contribution in [1.29, 1.82) is 0 Å². The van der Waals surface area contributed by atoms with Crippen molar-refractivity contribution in [2.24, 2.45) is 0 Å². The molecule has 0 aromatic heterocycles. The normalized spacial score (nSPS) is 10.0. The Morgan fingerprint density at radius 1 is 1.60 bits per heavy atom. The lowest BCUT2D eigenvalue weighted by molar-refractivity contribution is -0.302. The predicted molar refractivity (Wildman–Crippen MR) is 32.7 cm³/mol. The third-order valence-electron chi connectivity index (χ3n) is 0.283. The van der Waals surface area contributed by atoms with E-state index in [1.54, 1.807) is 0 Å². The highest BCUT2D eigenvalue weighted by Crippen LogP contribution is 2.16. The summed E-state index contributed by atoms with van der Waals surface area (Å²) < 4.78 is 32.4. The molecule has 0 amide bonds. The van der Waals surface area contributed by atoms with Gasteiger partial charge in [-0.2, -0.15) is 13.2 Å². The summed E-state index contributed by atoms with van der Waals surface area (Å²) in [7, 11) is 0.911. The Balaban J connectivity index is 0. The summed E-state index contributed by atoms with van der Waals surface area (Å²) in [6, 6.07) is 0. The molecule has 0 N–H and O–H groups in total. The zero-order valence-electron chi connectivity index (χ0n) is 5.36. The van der Waals surface area contributed by atoms with Crippen molar-refractivity contribution in [1.82, 2.24) is 0 Å². The number of alkyl halides is 3. The minimum Gasteiger partial charge on any atom is -0.550 e. The van der Waals surface area contributed by atoms with Gasteiger partial charge in [-0.3, -0.25) is 0 Å². The molecule has 0 heterocycles. The molecule has 0 bridgehead atoms. The van der Waals surface area contributed by atoms with E-state index in [2.05, 4.69) is 0 Å². The van der Waals surface area contributed by atoms with Gasteiger partial charge in [0.25, 0.3) is 0 Å². The van der Waals surface area contributed by atoms with Crippen molar-refractivity contribution < 1.29 is 23.1 Å². The van der Waals surface area contributed by atoms with Crippen LogP contribution in [-0.4, -0.2) is 18.3 Å². The van der Waals surface area contributed by atoms with Gasteiger partial charge in [0.05, 0.1) is 0 Å². The molecule has 0 radical (unpaired) electrons. The van der Waals surface area contributed by atoms with Crippen molar-refractivity contribution in [3.8, 4) is 0 Å². The molecule has 0 saturated heterocycles. The van der Waals surface area contributed by atoms with Crippen molar-refractivity contribution in [2.75, 3.05) is 6.16 Å². The third kappa shape index (κ3) is 47.6. The molecule has 0 aromatic rings. The molecule has 0 aliphatic heterocycles. The molecule has 0 aliphatic carbocycles. The number of carboxylic acid groups (broad SMARTS) is 1. The summed E-state index contributed by atoms with van der Waals surface area (Å²) in [6.07, 6.45) is -4.65. The van der Waals surface area contributed by atoms with E-state index in [1.165, 1.54) is 0 Å². The second kappa shape index (κ2) is 5.47. The van der Waals surface area contributed by atoms with Gasteiger partial charge < -0.3 is 9.90 Å². The summed E-state index contributed by atoms with van der Waals surface area (Å²) in [4.78, 5) is 8.89. The van der Waals surface area contributed by atoms with Crippen LogP contribution < -0.4 is 5.11 Å². The van der Waals surface area contributed by atoms with E-state index in [0.29, 0.717) is 0 Å². The highest BCUT2D eigenvalue weighted by Gasteiger charge is 2.26. The quantitative estimate of drug-likeness (QED) is 0.484. The molecule has 6 heteroatoms. The molecule has 2 nitrogen and oxygen atoms in total. The first-order valence-electron chi connectivity index (χ1n) is 2.33. The number of halogens is 3. The first kappa shape index (κ1) is 12.4. The first-order valence-corrected chi connectivity index (χ1v) is 3.33. The second-order valence-electron chi connectivity index (χ2n) is 1.36. The van der Waals surface area contributed by atoms with Crippen LogP contribution in [0, 0.1) is 0 Å². The Morgan fingerprint density at radius 3 is 1.70 bits per heavy atom.